The first-order chi connectivity index (χ1) is 21.1. The van der Waals surface area contributed by atoms with Crippen LogP contribution in [0.1, 0.15) is 52.0 Å². The normalized spacial score (nSPS) is 19.4. The smallest absolute Gasteiger partial charge is 0.419 e. The fraction of sp³-hybridized carbons (Fsp3) is 0.419. The van der Waals surface area contributed by atoms with Gasteiger partial charge in [0.05, 0.1) is 18.2 Å². The minimum atomic E-state index is -4.55. The Morgan fingerprint density at radius 3 is 2.64 bits per heavy atom. The molecular weight excluding hydrogens is 595 g/mol. The van der Waals surface area contributed by atoms with Gasteiger partial charge in [-0.2, -0.15) is 13.2 Å². The molecule has 3 aliphatic heterocycles. The van der Waals surface area contributed by atoms with Crippen LogP contribution in [0.15, 0.2) is 41.9 Å². The van der Waals surface area contributed by atoms with Gasteiger partial charge < -0.3 is 19.9 Å². The average molecular weight is 628 g/mol. The van der Waals surface area contributed by atoms with Crippen LogP contribution < -0.4 is 20.3 Å². The number of alkyl halides is 3. The van der Waals surface area contributed by atoms with Gasteiger partial charge in [-0.15, -0.1) is 11.3 Å². The molecule has 0 aliphatic carbocycles. The van der Waals surface area contributed by atoms with Crippen LogP contribution in [-0.4, -0.2) is 60.4 Å². The molecule has 9 nitrogen and oxygen atoms in total. The molecule has 0 saturated carbocycles. The van der Waals surface area contributed by atoms with Gasteiger partial charge in [-0.3, -0.25) is 19.7 Å². The second-order valence-electron chi connectivity index (χ2n) is 11.3. The largest absolute Gasteiger partial charge is 0.497 e. The number of nitrogens with one attached hydrogen (secondary N) is 2. The molecule has 1 atom stereocenters. The molecule has 2 aromatic heterocycles. The lowest BCUT2D eigenvalue weighted by molar-refractivity contribution is -0.138. The minimum Gasteiger partial charge on any atom is -0.497 e. The number of hydrogen-bond donors (Lipinski definition) is 2. The van der Waals surface area contributed by atoms with Crippen molar-refractivity contribution >= 4 is 34.9 Å². The summed E-state index contributed by atoms with van der Waals surface area (Å²) >= 11 is 1.50. The van der Waals surface area contributed by atoms with Crippen molar-refractivity contribution < 1.29 is 32.3 Å². The Bertz CT molecular complexity index is 1580. The molecule has 0 spiro atoms. The van der Waals surface area contributed by atoms with Crippen molar-refractivity contribution in [1.29, 1.82) is 0 Å². The number of rotatable bonds is 8. The number of benzene rings is 1. The standard InChI is InChI=1S/C31H32F3N5O4S/c1-43-21-4-2-3-19(11-21)20-12-24(31(32,33)34)28(36-14-20)38-9-7-18(8-10-38)13-35-15-26-22-16-39(30(42)23(22)17-44-26)25-5-6-27(40)37-29(25)41/h2-4,11-12,14,17-18,25,35H,5-10,13,15-16H2,1H3,(H,37,40,41). The number of carbonyl (C=O) groups excluding carboxylic acids is 3. The van der Waals surface area contributed by atoms with Crippen molar-refractivity contribution in [3.8, 4) is 16.9 Å². The Morgan fingerprint density at radius 1 is 1.11 bits per heavy atom. The number of pyridine rings is 1. The van der Waals surface area contributed by atoms with E-state index in [1.165, 1.54) is 24.6 Å². The molecule has 13 heteroatoms. The molecule has 232 valence electrons. The van der Waals surface area contributed by atoms with E-state index < -0.39 is 23.7 Å². The summed E-state index contributed by atoms with van der Waals surface area (Å²) in [6, 6.07) is 7.40. The Morgan fingerprint density at radius 2 is 1.91 bits per heavy atom. The summed E-state index contributed by atoms with van der Waals surface area (Å²) in [6.07, 6.45) is -1.10. The van der Waals surface area contributed by atoms with Crippen molar-refractivity contribution in [2.24, 2.45) is 5.92 Å². The van der Waals surface area contributed by atoms with Crippen molar-refractivity contribution in [2.45, 2.75) is 51.0 Å². The third-order valence-electron chi connectivity index (χ3n) is 8.59. The number of anilines is 1. The number of imide groups is 1. The quantitative estimate of drug-likeness (QED) is 0.352. The van der Waals surface area contributed by atoms with Gasteiger partial charge in [0.25, 0.3) is 5.91 Å². The van der Waals surface area contributed by atoms with Gasteiger partial charge in [-0.25, -0.2) is 4.98 Å². The number of fused-ring (bicyclic) bond motifs is 1. The Hall–Kier alpha value is -3.97. The maximum Gasteiger partial charge on any atom is 0.419 e. The molecule has 2 N–H and O–H groups in total. The summed E-state index contributed by atoms with van der Waals surface area (Å²) in [6.45, 7) is 2.52. The molecule has 2 fully saturated rings. The van der Waals surface area contributed by atoms with Crippen LogP contribution in [0.2, 0.25) is 0 Å². The van der Waals surface area contributed by atoms with Crippen molar-refractivity contribution in [3.63, 3.8) is 0 Å². The van der Waals surface area contributed by atoms with Gasteiger partial charge in [0.2, 0.25) is 11.8 Å². The first-order valence-electron chi connectivity index (χ1n) is 14.5. The molecular formula is C31H32F3N5O4S. The van der Waals surface area contributed by atoms with Crippen LogP contribution in [0.25, 0.3) is 11.1 Å². The fourth-order valence-electron chi connectivity index (χ4n) is 6.17. The van der Waals surface area contributed by atoms with Crippen LogP contribution >= 0.6 is 11.3 Å². The van der Waals surface area contributed by atoms with E-state index in [1.54, 1.807) is 34.1 Å². The molecule has 44 heavy (non-hydrogen) atoms. The zero-order valence-corrected chi connectivity index (χ0v) is 24.9. The monoisotopic (exact) mass is 627 g/mol. The Labute approximate surface area is 256 Å². The summed E-state index contributed by atoms with van der Waals surface area (Å²) in [7, 11) is 1.51. The highest BCUT2D eigenvalue weighted by molar-refractivity contribution is 7.10. The van der Waals surface area contributed by atoms with E-state index >= 15 is 0 Å². The number of hydrogen-bond acceptors (Lipinski definition) is 8. The molecule has 2 saturated heterocycles. The number of aromatic nitrogens is 1. The van der Waals surface area contributed by atoms with E-state index in [9.17, 15) is 27.6 Å². The van der Waals surface area contributed by atoms with E-state index in [4.69, 9.17) is 4.74 Å². The molecule has 1 aromatic carbocycles. The highest BCUT2D eigenvalue weighted by Crippen LogP contribution is 2.39. The van der Waals surface area contributed by atoms with Crippen LogP contribution in [0.3, 0.4) is 0 Å². The van der Waals surface area contributed by atoms with E-state index in [-0.39, 0.29) is 30.0 Å². The molecule has 0 radical (unpaired) electrons. The number of halogens is 3. The number of amides is 3. The number of ether oxygens (including phenoxy) is 1. The fourth-order valence-corrected chi connectivity index (χ4v) is 7.17. The maximum absolute atomic E-state index is 14.1. The van der Waals surface area contributed by atoms with Gasteiger partial charge in [-0.1, -0.05) is 12.1 Å². The Balaban J connectivity index is 1.04. The van der Waals surface area contributed by atoms with Crippen LogP contribution in [-0.2, 0) is 28.9 Å². The van der Waals surface area contributed by atoms with E-state index in [0.29, 0.717) is 74.4 Å². The lowest BCUT2D eigenvalue weighted by Crippen LogP contribution is -2.52. The lowest BCUT2D eigenvalue weighted by Gasteiger charge is -2.34. The minimum absolute atomic E-state index is 0.0464. The summed E-state index contributed by atoms with van der Waals surface area (Å²) < 4.78 is 47.7. The topological polar surface area (TPSA) is 104 Å². The van der Waals surface area contributed by atoms with Gasteiger partial charge >= 0.3 is 6.18 Å². The average Bonchev–Trinajstić information content (AvgIpc) is 3.56. The number of methoxy groups -OCH3 is 1. The maximum atomic E-state index is 14.1. The zero-order chi connectivity index (χ0) is 31.0. The van der Waals surface area contributed by atoms with E-state index in [1.807, 2.05) is 5.38 Å². The summed E-state index contributed by atoms with van der Waals surface area (Å²) in [5, 5.41) is 7.61. The summed E-state index contributed by atoms with van der Waals surface area (Å²) in [5.41, 5.74) is 1.75. The molecule has 5 heterocycles. The molecule has 3 amide bonds. The molecule has 0 bridgehead atoms. The zero-order valence-electron chi connectivity index (χ0n) is 24.1. The number of carbonyl (C=O) groups is 3. The molecule has 1 unspecified atom stereocenters. The van der Waals surface area contributed by atoms with Crippen LogP contribution in [0, 0.1) is 5.92 Å². The Kier molecular flexibility index (Phi) is 8.34. The van der Waals surface area contributed by atoms with E-state index in [2.05, 4.69) is 15.6 Å². The van der Waals surface area contributed by atoms with Crippen molar-refractivity contribution in [3.05, 3.63) is 63.5 Å². The van der Waals surface area contributed by atoms with Crippen LogP contribution in [0.4, 0.5) is 19.0 Å². The molecule has 3 aliphatic rings. The van der Waals surface area contributed by atoms with Gasteiger partial charge in [0.1, 0.15) is 17.6 Å². The number of nitrogens with zero attached hydrogens (tertiary/aromatic N) is 3. The number of thiophene rings is 1. The van der Waals surface area contributed by atoms with Gasteiger partial charge in [-0.05, 0) is 61.1 Å². The first-order valence-corrected chi connectivity index (χ1v) is 15.4. The predicted octanol–water partition coefficient (Wildman–Crippen LogP) is 4.60. The summed E-state index contributed by atoms with van der Waals surface area (Å²) in [4.78, 5) is 45.4. The van der Waals surface area contributed by atoms with Crippen molar-refractivity contribution in [1.82, 2.24) is 20.5 Å². The third kappa shape index (κ3) is 6.03. The lowest BCUT2D eigenvalue weighted by atomic mass is 9.96. The third-order valence-corrected chi connectivity index (χ3v) is 9.62. The van der Waals surface area contributed by atoms with E-state index in [0.717, 1.165) is 16.5 Å². The number of piperidine rings is 2. The molecule has 3 aromatic rings. The first kappa shape index (κ1) is 30.1. The predicted molar refractivity (Wildman–Crippen MR) is 158 cm³/mol. The highest BCUT2D eigenvalue weighted by Gasteiger charge is 2.41. The second kappa shape index (κ2) is 12.2. The van der Waals surface area contributed by atoms with Crippen LogP contribution in [0.5, 0.6) is 5.75 Å². The highest BCUT2D eigenvalue weighted by atomic mass is 32.1. The molecule has 6 rings (SSSR count). The SMILES string of the molecule is COc1cccc(-c2cnc(N3CCC(CNCc4scc5c4CN(C4CCC(=O)NC4=O)C5=O)CC3)c(C(F)(F)F)c2)c1. The van der Waals surface area contributed by atoms with Crippen molar-refractivity contribution in [2.75, 3.05) is 31.6 Å². The second-order valence-corrected chi connectivity index (χ2v) is 12.3. The van der Waals surface area contributed by atoms with Gasteiger partial charge in [0.15, 0.2) is 0 Å². The summed E-state index contributed by atoms with van der Waals surface area (Å²) in [5.74, 6) is -0.141. The van der Waals surface area contributed by atoms with Gasteiger partial charge in [0, 0.05) is 54.6 Å².